The van der Waals surface area contributed by atoms with Gasteiger partial charge in [0.1, 0.15) is 0 Å². The van der Waals surface area contributed by atoms with Crippen molar-refractivity contribution in [3.05, 3.63) is 50.9 Å². The number of nitrogens with zero attached hydrogens (tertiary/aromatic N) is 1. The van der Waals surface area contributed by atoms with E-state index in [4.69, 9.17) is 4.74 Å². The predicted octanol–water partition coefficient (Wildman–Crippen LogP) is 4.06. The molecule has 0 amide bonds. The number of halogens is 1. The highest BCUT2D eigenvalue weighted by atomic mass is 79.9. The Kier molecular flexibility index (Phi) is 5.16. The molecule has 2 heterocycles. The van der Waals surface area contributed by atoms with Gasteiger partial charge in [-0.15, -0.1) is 11.3 Å². The lowest BCUT2D eigenvalue weighted by Crippen LogP contribution is -1.96. The number of aryl methyl sites for hydroxylation is 1. The zero-order valence-corrected chi connectivity index (χ0v) is 11.8. The second kappa shape index (κ2) is 6.89. The van der Waals surface area contributed by atoms with E-state index in [1.54, 1.807) is 11.3 Å². The molecule has 0 N–H and O–H groups in total. The smallest absolute Gasteiger partial charge is 0.0820 e. The number of hydrogen-bond donors (Lipinski definition) is 0. The number of ether oxygens (including phenoxy) is 1. The minimum absolute atomic E-state index is 0.703. The van der Waals surface area contributed by atoms with Crippen molar-refractivity contribution in [1.82, 2.24) is 4.98 Å². The second-order valence-corrected chi connectivity index (χ2v) is 5.56. The monoisotopic (exact) mass is 311 g/mol. The molecule has 0 saturated carbocycles. The number of hydrogen-bond acceptors (Lipinski definition) is 3. The van der Waals surface area contributed by atoms with Gasteiger partial charge in [0.25, 0.3) is 0 Å². The van der Waals surface area contributed by atoms with Gasteiger partial charge in [-0.05, 0) is 57.9 Å². The fraction of sp³-hybridized carbons (Fsp3) is 0.308. The molecule has 2 nitrogen and oxygen atoms in total. The van der Waals surface area contributed by atoms with Gasteiger partial charge in [0.2, 0.25) is 0 Å². The Balaban J connectivity index is 1.63. The molecule has 4 heteroatoms. The van der Waals surface area contributed by atoms with Crippen molar-refractivity contribution < 1.29 is 4.74 Å². The zero-order chi connectivity index (χ0) is 11.9. The van der Waals surface area contributed by atoms with Crippen molar-refractivity contribution in [3.63, 3.8) is 0 Å². The first-order chi connectivity index (χ1) is 8.36. The van der Waals surface area contributed by atoms with E-state index in [1.807, 2.05) is 12.4 Å². The predicted molar refractivity (Wildman–Crippen MR) is 74.2 cm³/mol. The SMILES string of the molecule is Brc1ccsc1COCCCc1ccncc1. The molecule has 0 aliphatic rings. The molecule has 0 aromatic carbocycles. The third-order valence-corrected chi connectivity index (χ3v) is 4.33. The molecule has 0 fully saturated rings. The van der Waals surface area contributed by atoms with Crippen molar-refractivity contribution in [2.24, 2.45) is 0 Å². The highest BCUT2D eigenvalue weighted by molar-refractivity contribution is 9.10. The molecule has 0 unspecified atom stereocenters. The molecule has 0 spiro atoms. The van der Waals surface area contributed by atoms with E-state index in [0.717, 1.165) is 23.9 Å². The molecule has 17 heavy (non-hydrogen) atoms. The van der Waals surface area contributed by atoms with Crippen LogP contribution in [-0.4, -0.2) is 11.6 Å². The maximum atomic E-state index is 5.65. The molecule has 0 aliphatic carbocycles. The Labute approximate surface area is 114 Å². The molecule has 2 aromatic heterocycles. The number of thiophene rings is 1. The standard InChI is InChI=1S/C13H14BrNOS/c14-12-5-9-17-13(12)10-16-8-1-2-11-3-6-15-7-4-11/h3-7,9H,1-2,8,10H2. The van der Waals surface area contributed by atoms with Crippen molar-refractivity contribution >= 4 is 27.3 Å². The van der Waals surface area contributed by atoms with E-state index < -0.39 is 0 Å². The van der Waals surface area contributed by atoms with E-state index >= 15 is 0 Å². The summed E-state index contributed by atoms with van der Waals surface area (Å²) in [5.74, 6) is 0. The average molecular weight is 312 g/mol. The Bertz CT molecular complexity index is 444. The summed E-state index contributed by atoms with van der Waals surface area (Å²) in [6.45, 7) is 1.50. The first-order valence-corrected chi connectivity index (χ1v) is 7.22. The van der Waals surface area contributed by atoms with Crippen LogP contribution >= 0.6 is 27.3 Å². The van der Waals surface area contributed by atoms with Crippen LogP contribution < -0.4 is 0 Å². The molecule has 0 radical (unpaired) electrons. The fourth-order valence-corrected chi connectivity index (χ4v) is 2.92. The van der Waals surface area contributed by atoms with Crippen molar-refractivity contribution in [2.45, 2.75) is 19.4 Å². The lowest BCUT2D eigenvalue weighted by molar-refractivity contribution is 0.120. The van der Waals surface area contributed by atoms with Crippen LogP contribution in [-0.2, 0) is 17.8 Å². The minimum atomic E-state index is 0.703. The van der Waals surface area contributed by atoms with E-state index in [2.05, 4.69) is 44.5 Å². The highest BCUT2D eigenvalue weighted by Gasteiger charge is 2.00. The van der Waals surface area contributed by atoms with Gasteiger partial charge in [-0.2, -0.15) is 0 Å². The number of pyridine rings is 1. The Morgan fingerprint density at radius 1 is 1.24 bits per heavy atom. The molecule has 2 rings (SSSR count). The van der Waals surface area contributed by atoms with E-state index in [-0.39, 0.29) is 0 Å². The van der Waals surface area contributed by atoms with Crippen LogP contribution in [0.3, 0.4) is 0 Å². The summed E-state index contributed by atoms with van der Waals surface area (Å²) in [6.07, 6.45) is 5.76. The lowest BCUT2D eigenvalue weighted by Gasteiger charge is -2.03. The first-order valence-electron chi connectivity index (χ1n) is 5.55. The molecule has 2 aromatic rings. The van der Waals surface area contributed by atoms with Gasteiger partial charge in [-0.25, -0.2) is 0 Å². The molecular formula is C13H14BrNOS. The van der Waals surface area contributed by atoms with Crippen LogP contribution in [0.25, 0.3) is 0 Å². The van der Waals surface area contributed by atoms with Gasteiger partial charge < -0.3 is 4.74 Å². The fourth-order valence-electron chi connectivity index (χ4n) is 1.52. The quantitative estimate of drug-likeness (QED) is 0.751. The van der Waals surface area contributed by atoms with Gasteiger partial charge in [-0.1, -0.05) is 0 Å². The Hall–Kier alpha value is -0.710. The van der Waals surface area contributed by atoms with Crippen LogP contribution in [0.5, 0.6) is 0 Å². The first kappa shape index (κ1) is 12.7. The van der Waals surface area contributed by atoms with Crippen LogP contribution in [0.15, 0.2) is 40.4 Å². The lowest BCUT2D eigenvalue weighted by atomic mass is 10.1. The zero-order valence-electron chi connectivity index (χ0n) is 9.43. The Morgan fingerprint density at radius 3 is 2.76 bits per heavy atom. The molecule has 0 aliphatic heterocycles. The largest absolute Gasteiger partial charge is 0.376 e. The van der Waals surface area contributed by atoms with Gasteiger partial charge in [-0.3, -0.25) is 4.98 Å². The van der Waals surface area contributed by atoms with E-state index in [0.29, 0.717) is 6.61 Å². The van der Waals surface area contributed by atoms with Gasteiger partial charge in [0.15, 0.2) is 0 Å². The third-order valence-electron chi connectivity index (χ3n) is 2.43. The maximum Gasteiger partial charge on any atom is 0.0820 e. The summed E-state index contributed by atoms with van der Waals surface area (Å²) in [5.41, 5.74) is 1.32. The van der Waals surface area contributed by atoms with Gasteiger partial charge >= 0.3 is 0 Å². The van der Waals surface area contributed by atoms with Crippen molar-refractivity contribution in [3.8, 4) is 0 Å². The summed E-state index contributed by atoms with van der Waals surface area (Å²) in [6, 6.07) is 6.16. The number of aromatic nitrogens is 1. The van der Waals surface area contributed by atoms with Crippen LogP contribution in [0.4, 0.5) is 0 Å². The molecule has 0 atom stereocenters. The minimum Gasteiger partial charge on any atom is -0.376 e. The van der Waals surface area contributed by atoms with Crippen molar-refractivity contribution in [1.29, 1.82) is 0 Å². The third kappa shape index (κ3) is 4.22. The summed E-state index contributed by atoms with van der Waals surface area (Å²) in [7, 11) is 0. The molecule has 90 valence electrons. The second-order valence-electron chi connectivity index (χ2n) is 3.70. The number of rotatable bonds is 6. The Morgan fingerprint density at radius 2 is 2.06 bits per heavy atom. The highest BCUT2D eigenvalue weighted by Crippen LogP contribution is 2.23. The van der Waals surface area contributed by atoms with Crippen LogP contribution in [0, 0.1) is 0 Å². The van der Waals surface area contributed by atoms with Crippen LogP contribution in [0.2, 0.25) is 0 Å². The van der Waals surface area contributed by atoms with E-state index in [1.165, 1.54) is 10.4 Å². The summed E-state index contributed by atoms with van der Waals surface area (Å²) >= 11 is 5.22. The van der Waals surface area contributed by atoms with Gasteiger partial charge in [0.05, 0.1) is 6.61 Å². The van der Waals surface area contributed by atoms with Crippen LogP contribution in [0.1, 0.15) is 16.9 Å². The molecule has 0 saturated heterocycles. The maximum absolute atomic E-state index is 5.65. The average Bonchev–Trinajstić information content (AvgIpc) is 2.76. The topological polar surface area (TPSA) is 22.1 Å². The molecule has 0 bridgehead atoms. The summed E-state index contributed by atoms with van der Waals surface area (Å²) in [5, 5.41) is 2.07. The summed E-state index contributed by atoms with van der Waals surface area (Å²) in [4.78, 5) is 5.26. The van der Waals surface area contributed by atoms with E-state index in [9.17, 15) is 0 Å². The normalized spacial score (nSPS) is 10.6. The molecular weight excluding hydrogens is 298 g/mol. The van der Waals surface area contributed by atoms with Gasteiger partial charge in [0, 0.05) is 28.4 Å². The van der Waals surface area contributed by atoms with Crippen molar-refractivity contribution in [2.75, 3.05) is 6.61 Å². The summed E-state index contributed by atoms with van der Waals surface area (Å²) < 4.78 is 6.80.